The van der Waals surface area contributed by atoms with Crippen LogP contribution in [0.2, 0.25) is 0 Å². The molecule has 0 radical (unpaired) electrons. The van der Waals surface area contributed by atoms with Crippen molar-refractivity contribution < 1.29 is 23.0 Å². The molecule has 2 aromatic carbocycles. The molecular weight excluding hydrogens is 344 g/mol. The van der Waals surface area contributed by atoms with E-state index >= 15 is 0 Å². The Labute approximate surface area is 148 Å². The van der Waals surface area contributed by atoms with Gasteiger partial charge in [0.1, 0.15) is 12.4 Å². The molecule has 0 saturated heterocycles. The van der Waals surface area contributed by atoms with E-state index in [9.17, 15) is 8.78 Å². The lowest BCUT2D eigenvalue weighted by atomic mass is 10.2. The Kier molecular flexibility index (Phi) is 5.31. The van der Waals surface area contributed by atoms with Crippen LogP contribution < -0.4 is 14.2 Å². The first-order valence-electron chi connectivity index (χ1n) is 7.91. The van der Waals surface area contributed by atoms with Gasteiger partial charge in [-0.05, 0) is 37.3 Å². The summed E-state index contributed by atoms with van der Waals surface area (Å²) in [5.74, 6) is 0.528. The molecule has 0 aliphatic rings. The maximum Gasteiger partial charge on any atom is 0.181 e. The number of ether oxygens (including phenoxy) is 3. The van der Waals surface area contributed by atoms with Gasteiger partial charge in [0, 0.05) is 11.6 Å². The number of nitrogens with one attached hydrogen (secondary N) is 1. The Morgan fingerprint density at radius 3 is 2.54 bits per heavy atom. The molecule has 6 nitrogen and oxygen atoms in total. The lowest BCUT2D eigenvalue weighted by Crippen LogP contribution is -1.99. The molecule has 0 fully saturated rings. The van der Waals surface area contributed by atoms with Gasteiger partial charge in [0.2, 0.25) is 0 Å². The van der Waals surface area contributed by atoms with Crippen molar-refractivity contribution in [3.63, 3.8) is 0 Å². The SMILES string of the molecule is CCOc1ccc(-c2n[nH]c(COc3ccc(F)cc3F)n2)cc1OC. The highest BCUT2D eigenvalue weighted by atomic mass is 19.1. The van der Waals surface area contributed by atoms with Crippen LogP contribution in [-0.4, -0.2) is 28.9 Å². The van der Waals surface area contributed by atoms with Crippen molar-refractivity contribution in [2.24, 2.45) is 0 Å². The normalized spacial score (nSPS) is 10.6. The fourth-order valence-corrected chi connectivity index (χ4v) is 2.31. The molecular formula is C18H17F2N3O3. The summed E-state index contributed by atoms with van der Waals surface area (Å²) < 4.78 is 42.6. The minimum atomic E-state index is -0.777. The predicted molar refractivity (Wildman–Crippen MR) is 90.2 cm³/mol. The van der Waals surface area contributed by atoms with Gasteiger partial charge >= 0.3 is 0 Å². The zero-order valence-corrected chi connectivity index (χ0v) is 14.3. The first-order valence-corrected chi connectivity index (χ1v) is 7.91. The average molecular weight is 361 g/mol. The van der Waals surface area contributed by atoms with E-state index in [2.05, 4.69) is 15.2 Å². The van der Waals surface area contributed by atoms with Crippen LogP contribution in [0.15, 0.2) is 36.4 Å². The van der Waals surface area contributed by atoms with E-state index in [0.717, 1.165) is 17.7 Å². The number of halogens is 2. The first-order chi connectivity index (χ1) is 12.6. The van der Waals surface area contributed by atoms with E-state index in [4.69, 9.17) is 14.2 Å². The van der Waals surface area contributed by atoms with E-state index in [1.807, 2.05) is 6.92 Å². The van der Waals surface area contributed by atoms with Crippen LogP contribution >= 0.6 is 0 Å². The second-order valence-electron chi connectivity index (χ2n) is 5.27. The Balaban J connectivity index is 1.73. The van der Waals surface area contributed by atoms with Crippen LogP contribution in [0.3, 0.4) is 0 Å². The Morgan fingerprint density at radius 2 is 1.81 bits per heavy atom. The van der Waals surface area contributed by atoms with Gasteiger partial charge in [-0.1, -0.05) is 0 Å². The van der Waals surface area contributed by atoms with E-state index < -0.39 is 11.6 Å². The van der Waals surface area contributed by atoms with Gasteiger partial charge in [0.05, 0.1) is 13.7 Å². The van der Waals surface area contributed by atoms with Gasteiger partial charge in [0.15, 0.2) is 34.7 Å². The molecule has 1 N–H and O–H groups in total. The van der Waals surface area contributed by atoms with Crippen LogP contribution in [-0.2, 0) is 6.61 Å². The number of H-pyrrole nitrogens is 1. The minimum absolute atomic E-state index is 0.0380. The molecule has 8 heteroatoms. The molecule has 136 valence electrons. The fourth-order valence-electron chi connectivity index (χ4n) is 2.31. The van der Waals surface area contributed by atoms with Crippen LogP contribution in [0.25, 0.3) is 11.4 Å². The summed E-state index contributed by atoms with van der Waals surface area (Å²) in [6, 6.07) is 8.44. The minimum Gasteiger partial charge on any atom is -0.493 e. The first kappa shape index (κ1) is 17.7. The zero-order chi connectivity index (χ0) is 18.5. The molecule has 0 bridgehead atoms. The highest BCUT2D eigenvalue weighted by molar-refractivity contribution is 5.60. The van der Waals surface area contributed by atoms with Crippen LogP contribution in [0, 0.1) is 11.6 Å². The molecule has 0 aliphatic heterocycles. The summed E-state index contributed by atoms with van der Waals surface area (Å²) in [4.78, 5) is 4.31. The predicted octanol–water partition coefficient (Wildman–Crippen LogP) is 3.74. The van der Waals surface area contributed by atoms with Crippen molar-refractivity contribution >= 4 is 0 Å². The topological polar surface area (TPSA) is 69.3 Å². The standard InChI is InChI=1S/C18H17F2N3O3/c1-3-25-15-6-4-11(8-16(15)24-2)18-21-17(22-23-18)10-26-14-7-5-12(19)9-13(14)20/h4-9H,3,10H2,1-2H3,(H,21,22,23). The maximum absolute atomic E-state index is 13.6. The lowest BCUT2D eigenvalue weighted by molar-refractivity contribution is 0.280. The third-order valence-corrected chi connectivity index (χ3v) is 3.51. The lowest BCUT2D eigenvalue weighted by Gasteiger charge is -2.09. The maximum atomic E-state index is 13.6. The van der Waals surface area contributed by atoms with Gasteiger partial charge in [-0.3, -0.25) is 5.10 Å². The van der Waals surface area contributed by atoms with Gasteiger partial charge in [-0.25, -0.2) is 13.8 Å². The summed E-state index contributed by atoms with van der Waals surface area (Å²) in [5.41, 5.74) is 0.723. The summed E-state index contributed by atoms with van der Waals surface area (Å²) in [6.45, 7) is 2.38. The number of methoxy groups -OCH3 is 1. The third-order valence-electron chi connectivity index (χ3n) is 3.51. The Hall–Kier alpha value is -3.16. The molecule has 0 amide bonds. The second-order valence-corrected chi connectivity index (χ2v) is 5.27. The van der Waals surface area contributed by atoms with Gasteiger partial charge in [0.25, 0.3) is 0 Å². The molecule has 0 unspecified atom stereocenters. The average Bonchev–Trinajstić information content (AvgIpc) is 3.10. The van der Waals surface area contributed by atoms with Crippen LogP contribution in [0.4, 0.5) is 8.78 Å². The number of hydrogen-bond donors (Lipinski definition) is 1. The number of nitrogens with zero attached hydrogens (tertiary/aromatic N) is 2. The fraction of sp³-hybridized carbons (Fsp3) is 0.222. The van der Waals surface area contributed by atoms with E-state index in [0.29, 0.717) is 29.8 Å². The largest absolute Gasteiger partial charge is 0.493 e. The monoisotopic (exact) mass is 361 g/mol. The van der Waals surface area contributed by atoms with Crippen LogP contribution in [0.5, 0.6) is 17.2 Å². The third kappa shape index (κ3) is 3.90. The number of hydrogen-bond acceptors (Lipinski definition) is 5. The van der Waals surface area contributed by atoms with Gasteiger partial charge in [-0.15, -0.1) is 0 Å². The summed E-state index contributed by atoms with van der Waals surface area (Å²) in [5, 5.41) is 6.85. The number of aromatic amines is 1. The molecule has 0 aliphatic carbocycles. The second kappa shape index (κ2) is 7.81. The smallest absolute Gasteiger partial charge is 0.181 e. The molecule has 3 rings (SSSR count). The van der Waals surface area contributed by atoms with Crippen molar-refractivity contribution in [1.29, 1.82) is 0 Å². The van der Waals surface area contributed by atoms with Crippen LogP contribution in [0.1, 0.15) is 12.7 Å². The molecule has 0 atom stereocenters. The Morgan fingerprint density at radius 1 is 1.00 bits per heavy atom. The summed E-state index contributed by atoms with van der Waals surface area (Å²) >= 11 is 0. The Bertz CT molecular complexity index is 899. The molecule has 1 aromatic heterocycles. The summed E-state index contributed by atoms with van der Waals surface area (Å²) in [6.07, 6.45) is 0. The van der Waals surface area contributed by atoms with E-state index in [1.54, 1.807) is 25.3 Å². The van der Waals surface area contributed by atoms with Gasteiger partial charge in [-0.2, -0.15) is 5.10 Å². The zero-order valence-electron chi connectivity index (χ0n) is 14.3. The number of aromatic nitrogens is 3. The molecule has 1 heterocycles. The summed E-state index contributed by atoms with van der Waals surface area (Å²) in [7, 11) is 1.55. The number of benzene rings is 2. The van der Waals surface area contributed by atoms with Crippen molar-refractivity contribution in [2.45, 2.75) is 13.5 Å². The molecule has 0 saturated carbocycles. The van der Waals surface area contributed by atoms with E-state index in [1.165, 1.54) is 6.07 Å². The quantitative estimate of drug-likeness (QED) is 0.694. The highest BCUT2D eigenvalue weighted by Gasteiger charge is 2.12. The van der Waals surface area contributed by atoms with Crippen molar-refractivity contribution in [3.8, 4) is 28.6 Å². The van der Waals surface area contributed by atoms with Crippen molar-refractivity contribution in [2.75, 3.05) is 13.7 Å². The van der Waals surface area contributed by atoms with Gasteiger partial charge < -0.3 is 14.2 Å². The van der Waals surface area contributed by atoms with E-state index in [-0.39, 0.29) is 12.4 Å². The molecule has 26 heavy (non-hydrogen) atoms. The highest BCUT2D eigenvalue weighted by Crippen LogP contribution is 2.31. The van der Waals surface area contributed by atoms with Crippen molar-refractivity contribution in [1.82, 2.24) is 15.2 Å². The molecule has 3 aromatic rings. The molecule has 0 spiro atoms. The van der Waals surface area contributed by atoms with Crippen molar-refractivity contribution in [3.05, 3.63) is 53.9 Å². The number of rotatable bonds is 7.